The van der Waals surface area contributed by atoms with Gasteiger partial charge in [0.2, 0.25) is 0 Å². The van der Waals surface area contributed by atoms with Gasteiger partial charge >= 0.3 is 11.9 Å². The van der Waals surface area contributed by atoms with E-state index in [1.807, 2.05) is 0 Å². The molecular weight excluding hydrogens is 474 g/mol. The van der Waals surface area contributed by atoms with Crippen molar-refractivity contribution in [2.45, 2.75) is 19.9 Å². The van der Waals surface area contributed by atoms with Crippen LogP contribution in [0.1, 0.15) is 31.2 Å². The van der Waals surface area contributed by atoms with Gasteiger partial charge in [-0.3, -0.25) is 19.5 Å². The zero-order valence-corrected chi connectivity index (χ0v) is 19.7. The molecule has 2 aromatic heterocycles. The number of fused-ring (bicyclic) bond motifs is 1. The molecule has 3 aromatic rings. The molecule has 0 radical (unpaired) electrons. The number of hydrogen-bond donors (Lipinski definition) is 0. The molecule has 4 rings (SSSR count). The third-order valence-electron chi connectivity index (χ3n) is 5.15. The maximum Gasteiger partial charge on any atom is 0.433 e. The van der Waals surface area contributed by atoms with Gasteiger partial charge in [0.15, 0.2) is 4.80 Å². The van der Waals surface area contributed by atoms with Gasteiger partial charge < -0.3 is 13.9 Å². The minimum Gasteiger partial charge on any atom is -0.490 e. The van der Waals surface area contributed by atoms with Gasteiger partial charge in [-0.2, -0.15) is 0 Å². The van der Waals surface area contributed by atoms with Crippen molar-refractivity contribution in [3.05, 3.63) is 101 Å². The van der Waals surface area contributed by atoms with Crippen molar-refractivity contribution >= 4 is 29.3 Å². The van der Waals surface area contributed by atoms with Crippen molar-refractivity contribution < 1.29 is 23.6 Å². The van der Waals surface area contributed by atoms with Gasteiger partial charge in [-0.15, -0.1) is 0 Å². The van der Waals surface area contributed by atoms with Gasteiger partial charge in [-0.1, -0.05) is 36.1 Å². The van der Waals surface area contributed by atoms with Crippen molar-refractivity contribution in [3.63, 3.8) is 0 Å². The maximum atomic E-state index is 13.5. The first-order chi connectivity index (χ1) is 16.8. The van der Waals surface area contributed by atoms with Crippen LogP contribution in [0.5, 0.6) is 5.75 Å². The molecule has 0 spiro atoms. The molecule has 0 saturated heterocycles. The van der Waals surface area contributed by atoms with Crippen molar-refractivity contribution in [2.75, 3.05) is 13.2 Å². The van der Waals surface area contributed by atoms with Gasteiger partial charge in [0.25, 0.3) is 5.56 Å². The van der Waals surface area contributed by atoms with Crippen LogP contribution >= 0.6 is 11.3 Å². The lowest BCUT2D eigenvalue weighted by molar-refractivity contribution is -0.402. The SMILES string of the molecule is C=CCOc1ccc([C@@H]2C(C(=O)OCC)=C(C)N=c3s/c(=C\c4ccc([N+](=O)[O-])o4)c(=O)n32)cc1. The first-order valence-corrected chi connectivity index (χ1v) is 11.4. The van der Waals surface area contributed by atoms with Crippen molar-refractivity contribution in [1.82, 2.24) is 4.57 Å². The summed E-state index contributed by atoms with van der Waals surface area (Å²) in [5.74, 6) is -0.231. The largest absolute Gasteiger partial charge is 0.490 e. The summed E-state index contributed by atoms with van der Waals surface area (Å²) in [6.45, 7) is 7.52. The van der Waals surface area contributed by atoms with Gasteiger partial charge in [-0.05, 0) is 37.6 Å². The smallest absolute Gasteiger partial charge is 0.433 e. The normalized spacial score (nSPS) is 15.4. The van der Waals surface area contributed by atoms with Crippen LogP contribution in [-0.2, 0) is 9.53 Å². The number of allylic oxidation sites excluding steroid dienone is 1. The van der Waals surface area contributed by atoms with Crippen LogP contribution in [0.4, 0.5) is 5.88 Å². The minimum absolute atomic E-state index is 0.156. The summed E-state index contributed by atoms with van der Waals surface area (Å²) in [5, 5.41) is 10.9. The average Bonchev–Trinajstić information content (AvgIpc) is 3.42. The van der Waals surface area contributed by atoms with Crippen LogP contribution in [-0.4, -0.2) is 28.7 Å². The Morgan fingerprint density at radius 3 is 2.69 bits per heavy atom. The van der Waals surface area contributed by atoms with E-state index in [-0.39, 0.29) is 22.5 Å². The molecule has 1 aliphatic rings. The molecule has 3 heterocycles. The Hall–Kier alpha value is -4.25. The van der Waals surface area contributed by atoms with Gasteiger partial charge in [0, 0.05) is 6.08 Å². The number of carbonyl (C=O) groups excluding carboxylic acids is 1. The molecule has 0 aliphatic carbocycles. The highest BCUT2D eigenvalue weighted by molar-refractivity contribution is 7.07. The lowest BCUT2D eigenvalue weighted by Gasteiger charge is -2.24. The van der Waals surface area contributed by atoms with Crippen LogP contribution in [0.3, 0.4) is 0 Å². The van der Waals surface area contributed by atoms with Crippen molar-refractivity contribution in [2.24, 2.45) is 4.99 Å². The molecule has 180 valence electrons. The summed E-state index contributed by atoms with van der Waals surface area (Å²) >= 11 is 1.09. The molecule has 1 atom stereocenters. The molecule has 0 fully saturated rings. The number of hydrogen-bond acceptors (Lipinski definition) is 9. The van der Waals surface area contributed by atoms with Gasteiger partial charge in [-0.25, -0.2) is 9.79 Å². The highest BCUT2D eigenvalue weighted by Gasteiger charge is 2.33. The van der Waals surface area contributed by atoms with Crippen LogP contribution in [0.25, 0.3) is 6.08 Å². The highest BCUT2D eigenvalue weighted by atomic mass is 32.1. The Kier molecular flexibility index (Phi) is 6.78. The Balaban J connectivity index is 1.87. The van der Waals surface area contributed by atoms with E-state index in [0.29, 0.717) is 28.4 Å². The van der Waals surface area contributed by atoms with E-state index in [2.05, 4.69) is 11.6 Å². The summed E-state index contributed by atoms with van der Waals surface area (Å²) in [5.41, 5.74) is 0.926. The monoisotopic (exact) mass is 495 g/mol. The Labute approximate surface area is 202 Å². The molecule has 0 unspecified atom stereocenters. The van der Waals surface area contributed by atoms with Crippen LogP contribution in [0.15, 0.2) is 74.5 Å². The third kappa shape index (κ3) is 4.71. The first-order valence-electron chi connectivity index (χ1n) is 10.6. The Bertz CT molecular complexity index is 1510. The Morgan fingerprint density at radius 1 is 1.31 bits per heavy atom. The summed E-state index contributed by atoms with van der Waals surface area (Å²) in [7, 11) is 0. The highest BCUT2D eigenvalue weighted by Crippen LogP contribution is 2.31. The molecular formula is C24H21N3O7S. The molecule has 0 N–H and O–H groups in total. The third-order valence-corrected chi connectivity index (χ3v) is 6.13. The molecule has 11 heteroatoms. The van der Waals surface area contributed by atoms with Gasteiger partial charge in [0.05, 0.1) is 34.5 Å². The predicted octanol–water partition coefficient (Wildman–Crippen LogP) is 2.86. The number of furan rings is 1. The zero-order chi connectivity index (χ0) is 25.1. The fourth-order valence-corrected chi connectivity index (χ4v) is 4.68. The number of thiazole rings is 1. The number of benzene rings is 1. The predicted molar refractivity (Wildman–Crippen MR) is 128 cm³/mol. The van der Waals surface area contributed by atoms with E-state index < -0.39 is 28.4 Å². The molecule has 1 aromatic carbocycles. The van der Waals surface area contributed by atoms with E-state index >= 15 is 0 Å². The first kappa shape index (κ1) is 23.9. The number of nitrogens with zero attached hydrogens (tertiary/aromatic N) is 3. The van der Waals surface area contributed by atoms with Crippen LogP contribution in [0, 0.1) is 10.1 Å². The number of rotatable bonds is 8. The second-order valence-electron chi connectivity index (χ2n) is 7.40. The molecule has 0 amide bonds. The molecule has 35 heavy (non-hydrogen) atoms. The quantitative estimate of drug-likeness (QED) is 0.204. The number of aromatic nitrogens is 1. The van der Waals surface area contributed by atoms with E-state index in [1.54, 1.807) is 44.2 Å². The standard InChI is InChI=1S/C24H21N3O7S/c1-4-12-33-16-8-6-15(7-9-16)21-20(23(29)32-5-2)14(3)25-24-26(21)22(28)18(35-24)13-17-10-11-19(34-17)27(30)31/h4,6-11,13,21H,1,5,12H2,2-3H3/b18-13-/t21-/m1/s1. The lowest BCUT2D eigenvalue weighted by Crippen LogP contribution is -2.39. The summed E-state index contributed by atoms with van der Waals surface area (Å²) in [6.07, 6.45) is 3.05. The summed E-state index contributed by atoms with van der Waals surface area (Å²) in [6, 6.07) is 8.87. The molecule has 10 nitrogen and oxygen atoms in total. The number of carbonyl (C=O) groups is 1. The van der Waals surface area contributed by atoms with E-state index in [4.69, 9.17) is 13.9 Å². The number of ether oxygens (including phenoxy) is 2. The fraction of sp³-hybridized carbons (Fsp3) is 0.208. The number of esters is 1. The second kappa shape index (κ2) is 9.94. The van der Waals surface area contributed by atoms with E-state index in [9.17, 15) is 19.7 Å². The maximum absolute atomic E-state index is 13.5. The topological polar surface area (TPSA) is 126 Å². The number of nitro groups is 1. The fourth-order valence-electron chi connectivity index (χ4n) is 3.66. The van der Waals surface area contributed by atoms with Crippen molar-refractivity contribution in [1.29, 1.82) is 0 Å². The molecule has 1 aliphatic heterocycles. The van der Waals surface area contributed by atoms with E-state index in [0.717, 1.165) is 11.3 Å². The lowest BCUT2D eigenvalue weighted by atomic mass is 9.96. The Morgan fingerprint density at radius 2 is 2.06 bits per heavy atom. The van der Waals surface area contributed by atoms with Crippen LogP contribution in [0.2, 0.25) is 0 Å². The van der Waals surface area contributed by atoms with Gasteiger partial charge in [0.1, 0.15) is 23.0 Å². The summed E-state index contributed by atoms with van der Waals surface area (Å²) < 4.78 is 17.7. The summed E-state index contributed by atoms with van der Waals surface area (Å²) in [4.78, 5) is 41.5. The minimum atomic E-state index is -0.785. The molecule has 0 saturated carbocycles. The zero-order valence-electron chi connectivity index (χ0n) is 18.9. The van der Waals surface area contributed by atoms with Crippen LogP contribution < -0.4 is 19.6 Å². The molecule has 0 bridgehead atoms. The second-order valence-corrected chi connectivity index (χ2v) is 8.41. The average molecular weight is 496 g/mol. The van der Waals surface area contributed by atoms with E-state index in [1.165, 1.54) is 22.8 Å². The van der Waals surface area contributed by atoms with Crippen molar-refractivity contribution in [3.8, 4) is 5.75 Å².